The molecule has 0 saturated carbocycles. The Morgan fingerprint density at radius 3 is 1.28 bits per heavy atom. The highest BCUT2D eigenvalue weighted by Gasteiger charge is 2.38. The topological polar surface area (TPSA) is 243 Å². The number of hydrogen-bond donors (Lipinski definition) is 7. The Labute approximate surface area is 265 Å². The van der Waals surface area contributed by atoms with E-state index in [0.717, 1.165) is 19.3 Å². The number of nitrogens with two attached hydrogens (primary N) is 1. The maximum Gasteiger partial charge on any atom is 0.490 e. The van der Waals surface area contributed by atoms with Gasteiger partial charge in [-0.05, 0) is 57.9 Å². The number of hydroxylamine groups is 6. The minimum Gasteiger partial charge on any atom is -0.475 e. The summed E-state index contributed by atoms with van der Waals surface area (Å²) in [6.07, 6.45) is 0.753. The van der Waals surface area contributed by atoms with Crippen LogP contribution in [0.2, 0.25) is 0 Å². The zero-order chi connectivity index (χ0) is 35.5. The van der Waals surface area contributed by atoms with E-state index in [2.05, 4.69) is 10.6 Å². The molecule has 0 aromatic rings. The number of carboxylic acid groups (broad SMARTS) is 1. The lowest BCUT2D eigenvalue weighted by Crippen LogP contribution is -2.31. The fourth-order valence-electron chi connectivity index (χ4n) is 3.45. The van der Waals surface area contributed by atoms with Crippen LogP contribution < -0.4 is 16.4 Å². The molecule has 0 spiro atoms. The van der Waals surface area contributed by atoms with Gasteiger partial charge >= 0.3 is 12.1 Å². The predicted molar refractivity (Wildman–Crippen MR) is 155 cm³/mol. The summed E-state index contributed by atoms with van der Waals surface area (Å²) in [4.78, 5) is 67.3. The number of hydrogen-bond acceptors (Lipinski definition) is 10. The molecule has 0 fully saturated rings. The summed E-state index contributed by atoms with van der Waals surface area (Å²) in [5.41, 5.74) is 5.39. The highest BCUT2D eigenvalue weighted by atomic mass is 19.4. The van der Waals surface area contributed by atoms with Gasteiger partial charge in [0.15, 0.2) is 0 Å². The number of aliphatic carboxylic acids is 1. The summed E-state index contributed by atoms with van der Waals surface area (Å²) in [6, 6.07) is 0. The average Bonchev–Trinajstić information content (AvgIpc) is 2.99. The Balaban J connectivity index is 0. The van der Waals surface area contributed by atoms with E-state index in [0.29, 0.717) is 73.3 Å². The van der Waals surface area contributed by atoms with Crippen LogP contribution >= 0.6 is 0 Å². The number of unbranched alkanes of at least 4 members (excludes halogenated alkanes) is 6. The fraction of sp³-hybridized carbons (Fsp3) is 0.778. The molecule has 0 aromatic carbocycles. The van der Waals surface area contributed by atoms with Gasteiger partial charge in [-0.25, -0.2) is 20.0 Å². The lowest BCUT2D eigenvalue weighted by molar-refractivity contribution is -0.192. The Kier molecular flexibility index (Phi) is 25.8. The molecule has 0 radical (unpaired) electrons. The summed E-state index contributed by atoms with van der Waals surface area (Å²) in [5, 5.41) is 43.2. The van der Waals surface area contributed by atoms with Gasteiger partial charge in [-0.3, -0.25) is 39.6 Å². The van der Waals surface area contributed by atoms with E-state index in [9.17, 15) is 52.8 Å². The number of alkyl halides is 3. The van der Waals surface area contributed by atoms with Crippen molar-refractivity contribution in [2.45, 2.75) is 96.6 Å². The van der Waals surface area contributed by atoms with Gasteiger partial charge in [0.2, 0.25) is 29.5 Å². The predicted octanol–water partition coefficient (Wildman–Crippen LogP) is 1.56. The van der Waals surface area contributed by atoms with Gasteiger partial charge in [0.05, 0.1) is 0 Å². The molecule has 16 nitrogen and oxygen atoms in total. The second kappa shape index (κ2) is 26.6. The molecule has 5 amide bonds. The van der Waals surface area contributed by atoms with Crippen molar-refractivity contribution < 1.29 is 62.7 Å². The number of carbonyl (C=O) groups excluding carboxylic acids is 5. The van der Waals surface area contributed by atoms with Crippen LogP contribution in [0.4, 0.5) is 13.2 Å². The van der Waals surface area contributed by atoms with E-state index in [1.54, 1.807) is 0 Å². The van der Waals surface area contributed by atoms with Crippen LogP contribution in [-0.2, 0) is 28.8 Å². The van der Waals surface area contributed by atoms with E-state index in [-0.39, 0.29) is 57.1 Å². The highest BCUT2D eigenvalue weighted by Crippen LogP contribution is 2.13. The number of halogens is 3. The van der Waals surface area contributed by atoms with Crippen molar-refractivity contribution in [1.29, 1.82) is 0 Å². The van der Waals surface area contributed by atoms with Crippen molar-refractivity contribution in [2.24, 2.45) is 5.73 Å². The van der Waals surface area contributed by atoms with Crippen LogP contribution in [0.5, 0.6) is 0 Å². The molecule has 0 rings (SSSR count). The van der Waals surface area contributed by atoms with Gasteiger partial charge in [-0.2, -0.15) is 13.2 Å². The molecule has 268 valence electrons. The minimum atomic E-state index is -5.08. The molecule has 8 N–H and O–H groups in total. The van der Waals surface area contributed by atoms with E-state index >= 15 is 0 Å². The quantitative estimate of drug-likeness (QED) is 0.0466. The van der Waals surface area contributed by atoms with Crippen molar-refractivity contribution in [3.05, 3.63) is 0 Å². The lowest BCUT2D eigenvalue weighted by atomic mass is 10.2. The lowest BCUT2D eigenvalue weighted by Gasteiger charge is -2.15. The van der Waals surface area contributed by atoms with E-state index in [4.69, 9.17) is 15.6 Å². The minimum absolute atomic E-state index is 0.0191. The summed E-state index contributed by atoms with van der Waals surface area (Å²) in [5.74, 6) is -4.81. The summed E-state index contributed by atoms with van der Waals surface area (Å²) < 4.78 is 31.7. The van der Waals surface area contributed by atoms with Crippen molar-refractivity contribution in [3.63, 3.8) is 0 Å². The van der Waals surface area contributed by atoms with Gasteiger partial charge in [0.25, 0.3) is 0 Å². The van der Waals surface area contributed by atoms with Crippen LogP contribution in [0.3, 0.4) is 0 Å². The van der Waals surface area contributed by atoms with Gasteiger partial charge in [0.1, 0.15) is 0 Å². The number of carbonyl (C=O) groups is 6. The maximum absolute atomic E-state index is 12.0. The smallest absolute Gasteiger partial charge is 0.475 e. The van der Waals surface area contributed by atoms with Crippen molar-refractivity contribution in [1.82, 2.24) is 25.8 Å². The Bertz CT molecular complexity index is 927. The van der Waals surface area contributed by atoms with Crippen molar-refractivity contribution >= 4 is 35.5 Å². The first kappa shape index (κ1) is 44.6. The first-order chi connectivity index (χ1) is 21.5. The van der Waals surface area contributed by atoms with Gasteiger partial charge in [0, 0.05) is 65.3 Å². The fourth-order valence-corrected chi connectivity index (χ4v) is 3.45. The van der Waals surface area contributed by atoms with Gasteiger partial charge in [-0.15, -0.1) is 0 Å². The Hall–Kier alpha value is -3.55. The molecule has 19 heteroatoms. The van der Waals surface area contributed by atoms with Crippen LogP contribution in [0, 0.1) is 0 Å². The molecule has 0 aliphatic rings. The van der Waals surface area contributed by atoms with Crippen molar-refractivity contribution in [3.8, 4) is 0 Å². The summed E-state index contributed by atoms with van der Waals surface area (Å²) >= 11 is 0. The standard InChI is InChI=1S/C25H48N6O8.C2HF3O2/c1-21(32)29(37)18-9-3-6-16-27-22(33)12-14-25(36)31(39)20-10-4-7-17-28-23(34)11-13-24(35)30(38)19-8-2-5-15-26;3-2(4,5)1(6)7/h37-39H,2-20,26H2,1H3,(H,27,33)(H,28,34);(H,6,7). The van der Waals surface area contributed by atoms with Crippen LogP contribution in [0.15, 0.2) is 0 Å². The molecule has 0 aromatic heterocycles. The molecule has 0 aliphatic carbocycles. The van der Waals surface area contributed by atoms with E-state index < -0.39 is 29.9 Å². The molecule has 0 heterocycles. The van der Waals surface area contributed by atoms with Gasteiger partial charge < -0.3 is 21.5 Å². The molecule has 0 atom stereocenters. The van der Waals surface area contributed by atoms with Crippen LogP contribution in [-0.4, -0.2) is 117 Å². The number of amides is 5. The molecule has 0 unspecified atom stereocenters. The zero-order valence-corrected chi connectivity index (χ0v) is 26.2. The molecular weight excluding hydrogens is 625 g/mol. The highest BCUT2D eigenvalue weighted by molar-refractivity contribution is 5.83. The molecular formula is C27H49F3N6O10. The Morgan fingerprint density at radius 1 is 0.609 bits per heavy atom. The monoisotopic (exact) mass is 674 g/mol. The SMILES string of the molecule is CC(=O)N(O)CCCCCNC(=O)CCC(=O)N(O)CCCCCNC(=O)CCC(=O)N(O)CCCCCN.O=C(O)C(F)(F)F. The Morgan fingerprint density at radius 2 is 0.957 bits per heavy atom. The van der Waals surface area contributed by atoms with E-state index in [1.807, 2.05) is 0 Å². The van der Waals surface area contributed by atoms with Gasteiger partial charge in [-0.1, -0.05) is 6.42 Å². The van der Waals surface area contributed by atoms with Crippen molar-refractivity contribution in [2.75, 3.05) is 39.3 Å². The normalized spacial score (nSPS) is 10.7. The number of nitrogens with zero attached hydrogens (tertiary/aromatic N) is 3. The first-order valence-electron chi connectivity index (χ1n) is 15.0. The van der Waals surface area contributed by atoms with Crippen LogP contribution in [0.1, 0.15) is 90.4 Å². The third-order valence-corrected chi connectivity index (χ3v) is 6.13. The third kappa shape index (κ3) is 26.8. The second-order valence-electron chi connectivity index (χ2n) is 10.1. The second-order valence-corrected chi connectivity index (χ2v) is 10.1. The summed E-state index contributed by atoms with van der Waals surface area (Å²) in [7, 11) is 0. The largest absolute Gasteiger partial charge is 0.490 e. The molecule has 46 heavy (non-hydrogen) atoms. The summed E-state index contributed by atoms with van der Waals surface area (Å²) in [6.45, 7) is 3.22. The number of nitrogens with one attached hydrogen (secondary N) is 2. The first-order valence-corrected chi connectivity index (χ1v) is 15.0. The molecule has 0 saturated heterocycles. The zero-order valence-electron chi connectivity index (χ0n) is 26.2. The van der Waals surface area contributed by atoms with E-state index in [1.165, 1.54) is 6.92 Å². The third-order valence-electron chi connectivity index (χ3n) is 6.13. The number of carboxylic acids is 1. The van der Waals surface area contributed by atoms with Crippen LogP contribution in [0.25, 0.3) is 0 Å². The number of rotatable bonds is 23. The molecule has 0 aliphatic heterocycles. The maximum atomic E-state index is 12.0. The molecule has 0 bridgehead atoms. The average molecular weight is 675 g/mol.